The summed E-state index contributed by atoms with van der Waals surface area (Å²) in [6.45, 7) is 4.00. The Bertz CT molecular complexity index is 384. The van der Waals surface area contributed by atoms with Crippen LogP contribution in [0.1, 0.15) is 12.7 Å². The van der Waals surface area contributed by atoms with Gasteiger partial charge < -0.3 is 0 Å². The number of hydrogen-bond donors (Lipinski definition) is 1. The zero-order valence-electron chi connectivity index (χ0n) is 7.60. The van der Waals surface area contributed by atoms with Gasteiger partial charge in [-0.2, -0.15) is 0 Å². The van der Waals surface area contributed by atoms with Crippen LogP contribution >= 0.6 is 10.9 Å². The molecule has 2 rings (SSSR count). The summed E-state index contributed by atoms with van der Waals surface area (Å²) < 4.78 is 0. The van der Waals surface area contributed by atoms with Crippen molar-refractivity contribution in [2.45, 2.75) is 19.0 Å². The third kappa shape index (κ3) is 1.62. The average molecular weight is 193 g/mol. The monoisotopic (exact) mass is 193 g/mol. The van der Waals surface area contributed by atoms with Gasteiger partial charge in [0.15, 0.2) is 5.16 Å². The lowest BCUT2D eigenvalue weighted by Gasteiger charge is -2.12. The van der Waals surface area contributed by atoms with E-state index >= 15 is 0 Å². The van der Waals surface area contributed by atoms with Crippen molar-refractivity contribution in [3.63, 3.8) is 0 Å². The van der Waals surface area contributed by atoms with E-state index in [1.165, 1.54) is 4.91 Å². The molecule has 0 aliphatic carbocycles. The predicted molar refractivity (Wildman–Crippen MR) is 54.7 cm³/mol. The minimum absolute atomic E-state index is 0.399. The van der Waals surface area contributed by atoms with Crippen LogP contribution in [-0.4, -0.2) is 15.0 Å². The summed E-state index contributed by atoms with van der Waals surface area (Å²) >= 11 is 0. The molecule has 4 heteroatoms. The van der Waals surface area contributed by atoms with Gasteiger partial charge in [0.1, 0.15) is 12.2 Å². The van der Waals surface area contributed by atoms with E-state index in [0.717, 1.165) is 11.0 Å². The number of aryl methyl sites for hydroxylation is 1. The van der Waals surface area contributed by atoms with Gasteiger partial charge in [-0.3, -0.25) is 0 Å². The average Bonchev–Trinajstić information content (AvgIpc) is 2.51. The minimum Gasteiger partial charge on any atom is -0.222 e. The molecule has 0 N–H and O–H groups in total. The summed E-state index contributed by atoms with van der Waals surface area (Å²) in [6, 6.07) is 0. The van der Waals surface area contributed by atoms with E-state index in [1.807, 2.05) is 6.92 Å². The molecule has 0 saturated heterocycles. The molecule has 13 heavy (non-hydrogen) atoms. The van der Waals surface area contributed by atoms with Crippen LogP contribution in [0, 0.1) is 6.92 Å². The summed E-state index contributed by atoms with van der Waals surface area (Å²) in [6.07, 6.45) is 5.77. The third-order valence-corrected chi connectivity index (χ3v) is 3.87. The topological polar surface area (TPSA) is 38.7 Å². The Morgan fingerprint density at radius 3 is 2.69 bits per heavy atom. The number of thiol groups is 1. The van der Waals surface area contributed by atoms with Crippen molar-refractivity contribution in [2.75, 3.05) is 0 Å². The second kappa shape index (κ2) is 3.30. The van der Waals surface area contributed by atoms with Crippen molar-refractivity contribution >= 4 is 10.9 Å². The molecule has 1 aromatic rings. The molecule has 0 fully saturated rings. The predicted octanol–water partition coefficient (Wildman–Crippen LogP) is 1.97. The zero-order valence-corrected chi connectivity index (χ0v) is 8.49. The Morgan fingerprint density at radius 1 is 1.23 bits per heavy atom. The van der Waals surface area contributed by atoms with Crippen molar-refractivity contribution in [3.8, 4) is 0 Å². The zero-order chi connectivity index (χ0) is 9.26. The molecule has 1 unspecified atom stereocenters. The highest BCUT2D eigenvalue weighted by atomic mass is 32.2. The Kier molecular flexibility index (Phi) is 2.14. The van der Waals surface area contributed by atoms with Gasteiger partial charge in [0.2, 0.25) is 0 Å². The van der Waals surface area contributed by atoms with E-state index in [0.29, 0.717) is 0 Å². The van der Waals surface area contributed by atoms with Crippen LogP contribution < -0.4 is 0 Å². The highest BCUT2D eigenvalue weighted by molar-refractivity contribution is 8.23. The molecule has 68 valence electrons. The van der Waals surface area contributed by atoms with Crippen LogP contribution in [0.4, 0.5) is 0 Å². The third-order valence-electron chi connectivity index (χ3n) is 1.85. The van der Waals surface area contributed by atoms with E-state index in [4.69, 9.17) is 0 Å². The van der Waals surface area contributed by atoms with E-state index in [1.54, 1.807) is 6.33 Å². The first-order valence-electron chi connectivity index (χ1n) is 4.07. The fraction of sp³-hybridized carbons (Fsp3) is 0.222. The summed E-state index contributed by atoms with van der Waals surface area (Å²) in [4.78, 5) is 13.8. The van der Waals surface area contributed by atoms with Gasteiger partial charge in [0.25, 0.3) is 0 Å². The molecular weight excluding hydrogens is 182 g/mol. The van der Waals surface area contributed by atoms with Crippen LogP contribution in [-0.2, 0) is 0 Å². The Balaban J connectivity index is 2.36. The molecule has 0 aromatic carbocycles. The van der Waals surface area contributed by atoms with Crippen LogP contribution in [0.5, 0.6) is 0 Å². The van der Waals surface area contributed by atoms with Gasteiger partial charge in [-0.15, -0.1) is 10.9 Å². The normalized spacial score (nSPS) is 23.2. The molecular formula is C9H11N3S. The molecule has 1 atom stereocenters. The number of allylic oxidation sites excluding steroid dienone is 3. The maximum atomic E-state index is 4.32. The first-order chi connectivity index (χ1) is 6.27. The van der Waals surface area contributed by atoms with Crippen molar-refractivity contribution in [1.29, 1.82) is 0 Å². The Morgan fingerprint density at radius 2 is 2.08 bits per heavy atom. The molecule has 1 aromatic heterocycles. The van der Waals surface area contributed by atoms with Gasteiger partial charge >= 0.3 is 0 Å². The largest absolute Gasteiger partial charge is 0.222 e. The number of aromatic nitrogens is 3. The first kappa shape index (κ1) is 8.44. The molecule has 0 amide bonds. The molecule has 1 aliphatic rings. The van der Waals surface area contributed by atoms with Gasteiger partial charge in [0.05, 0.1) is 0 Å². The molecule has 0 saturated carbocycles. The van der Waals surface area contributed by atoms with E-state index in [2.05, 4.69) is 39.4 Å². The lowest BCUT2D eigenvalue weighted by atomic mass is 10.5. The van der Waals surface area contributed by atoms with Crippen molar-refractivity contribution < 1.29 is 0 Å². The highest BCUT2D eigenvalue weighted by Gasteiger charge is 2.11. The fourth-order valence-electron chi connectivity index (χ4n) is 1.17. The van der Waals surface area contributed by atoms with Gasteiger partial charge in [-0.1, -0.05) is 12.2 Å². The molecule has 2 heterocycles. The maximum Gasteiger partial charge on any atom is 0.178 e. The molecule has 3 nitrogen and oxygen atoms in total. The summed E-state index contributed by atoms with van der Waals surface area (Å²) in [5.74, 6) is 0.792. The van der Waals surface area contributed by atoms with Crippen molar-refractivity contribution in [1.82, 2.24) is 15.0 Å². The van der Waals surface area contributed by atoms with Crippen molar-refractivity contribution in [3.05, 3.63) is 34.6 Å². The number of rotatable bonds is 1. The lowest BCUT2D eigenvalue weighted by molar-refractivity contribution is 0.857. The fourth-order valence-corrected chi connectivity index (χ4v) is 2.79. The van der Waals surface area contributed by atoms with Crippen molar-refractivity contribution in [2.24, 2.45) is 0 Å². The first-order valence-corrected chi connectivity index (χ1v) is 5.48. The number of nitrogens with zero attached hydrogens (tertiary/aromatic N) is 3. The van der Waals surface area contributed by atoms with E-state index < -0.39 is 10.9 Å². The van der Waals surface area contributed by atoms with Gasteiger partial charge in [-0.25, -0.2) is 15.0 Å². The molecule has 0 radical (unpaired) electrons. The standard InChI is InChI=1S/C9H11N3S/c1-7-4-3-5-13(7)9-11-6-10-8(2)12-9/h3-6,13H,1-2H3. The second-order valence-corrected chi connectivity index (χ2v) is 5.00. The van der Waals surface area contributed by atoms with Gasteiger partial charge in [-0.05, 0) is 24.2 Å². The van der Waals surface area contributed by atoms with Gasteiger partial charge in [0, 0.05) is 0 Å². The Hall–Kier alpha value is -1.16. The summed E-state index contributed by atoms with van der Waals surface area (Å²) in [7, 11) is -0.399. The van der Waals surface area contributed by atoms with Crippen LogP contribution in [0.15, 0.2) is 33.9 Å². The van der Waals surface area contributed by atoms with Crippen LogP contribution in [0.3, 0.4) is 0 Å². The second-order valence-electron chi connectivity index (χ2n) is 2.85. The lowest BCUT2D eigenvalue weighted by Crippen LogP contribution is -1.94. The number of hydrogen-bond acceptors (Lipinski definition) is 3. The maximum absolute atomic E-state index is 4.32. The van der Waals surface area contributed by atoms with Crippen LogP contribution in [0.2, 0.25) is 0 Å². The Labute approximate surface area is 80.0 Å². The molecule has 0 bridgehead atoms. The van der Waals surface area contributed by atoms with E-state index in [9.17, 15) is 0 Å². The molecule has 1 aliphatic heterocycles. The minimum atomic E-state index is -0.399. The van der Waals surface area contributed by atoms with Crippen LogP contribution in [0.25, 0.3) is 0 Å². The highest BCUT2D eigenvalue weighted by Crippen LogP contribution is 2.45. The summed E-state index contributed by atoms with van der Waals surface area (Å²) in [5, 5.41) is 3.07. The molecule has 0 spiro atoms. The smallest absolute Gasteiger partial charge is 0.178 e. The van der Waals surface area contributed by atoms with E-state index in [-0.39, 0.29) is 0 Å². The summed E-state index contributed by atoms with van der Waals surface area (Å²) in [5.41, 5.74) is 0. The SMILES string of the molecule is CC1=CC=C[SH]1c1ncnc(C)n1. The quantitative estimate of drug-likeness (QED) is 0.693.